The quantitative estimate of drug-likeness (QED) is 0.157. The van der Waals surface area contributed by atoms with Gasteiger partial charge < -0.3 is 25.3 Å². The van der Waals surface area contributed by atoms with E-state index in [-0.39, 0.29) is 78.2 Å². The summed E-state index contributed by atoms with van der Waals surface area (Å²) in [5.74, 6) is -3.09. The summed E-state index contributed by atoms with van der Waals surface area (Å²) in [5.41, 5.74) is 4.75. The van der Waals surface area contributed by atoms with Crippen molar-refractivity contribution in [2.45, 2.75) is 36.8 Å². The second-order valence-corrected chi connectivity index (χ2v) is 12.3. The van der Waals surface area contributed by atoms with E-state index in [9.17, 15) is 33.9 Å². The minimum atomic E-state index is -1.57. The van der Waals surface area contributed by atoms with Gasteiger partial charge in [-0.1, -0.05) is 35.9 Å². The van der Waals surface area contributed by atoms with E-state index in [1.165, 1.54) is 23.7 Å². The molecule has 3 saturated heterocycles. The summed E-state index contributed by atoms with van der Waals surface area (Å²) < 4.78 is 4.90. The van der Waals surface area contributed by atoms with Crippen LogP contribution in [0.25, 0.3) is 0 Å². The van der Waals surface area contributed by atoms with Crippen LogP contribution in [0.2, 0.25) is 5.02 Å². The molecule has 2 aromatic carbocycles. The second-order valence-electron chi connectivity index (χ2n) is 10.8. The Kier molecular flexibility index (Phi) is 10.0. The first-order valence-corrected chi connectivity index (χ1v) is 15.3. The Morgan fingerprint density at radius 1 is 1.13 bits per heavy atom. The molecule has 4 heterocycles. The Bertz CT molecular complexity index is 1680. The predicted octanol–water partition coefficient (Wildman–Crippen LogP) is -2.25. The van der Waals surface area contributed by atoms with Gasteiger partial charge in [0.2, 0.25) is 5.91 Å². The van der Waals surface area contributed by atoms with Crippen molar-refractivity contribution in [2.75, 3.05) is 24.2 Å². The molecule has 3 fully saturated rings. The first kappa shape index (κ1) is 33.8. The molecule has 0 radical (unpaired) electrons. The topological polar surface area (TPSA) is 181 Å². The first-order chi connectivity index (χ1) is 21.5. The van der Waals surface area contributed by atoms with Gasteiger partial charge in [0.15, 0.2) is 0 Å². The number of ether oxygens (including phenoxy) is 1. The fraction of sp³-hybridized carbons (Fsp3) is 0.310. The summed E-state index contributed by atoms with van der Waals surface area (Å²) in [7, 11) is 0. The summed E-state index contributed by atoms with van der Waals surface area (Å²) in [6.45, 7) is 1.08. The number of nitrogens with one attached hydrogen (secondary N) is 3. The number of hydrazine groups is 1. The molecular formula is C29H26ClN6NaO8S. The number of amides is 6. The van der Waals surface area contributed by atoms with E-state index in [0.717, 1.165) is 15.4 Å². The molecule has 4 aliphatic rings. The van der Waals surface area contributed by atoms with Crippen LogP contribution >= 0.6 is 23.4 Å². The molecule has 0 bridgehead atoms. The molecule has 4 atom stereocenters. The number of β-lactam (4-membered cyclic amide) rings is 1. The Morgan fingerprint density at radius 2 is 1.89 bits per heavy atom. The van der Waals surface area contributed by atoms with Crippen molar-refractivity contribution in [3.05, 3.63) is 76.0 Å². The monoisotopic (exact) mass is 676 g/mol. The number of halogens is 1. The normalized spacial score (nSPS) is 23.0. The van der Waals surface area contributed by atoms with Crippen molar-refractivity contribution in [1.29, 1.82) is 0 Å². The summed E-state index contributed by atoms with van der Waals surface area (Å²) >= 11 is 7.34. The van der Waals surface area contributed by atoms with E-state index < -0.39 is 47.2 Å². The van der Waals surface area contributed by atoms with Crippen LogP contribution in [0.1, 0.15) is 24.1 Å². The summed E-state index contributed by atoms with van der Waals surface area (Å²) in [5, 5.41) is 18.5. The van der Waals surface area contributed by atoms with Gasteiger partial charge in [0.1, 0.15) is 18.0 Å². The number of benzene rings is 2. The van der Waals surface area contributed by atoms with Gasteiger partial charge in [-0.05, 0) is 35.4 Å². The van der Waals surface area contributed by atoms with Crippen molar-refractivity contribution in [2.24, 2.45) is 0 Å². The third-order valence-corrected chi connectivity index (χ3v) is 9.38. The molecule has 0 aromatic heterocycles. The molecule has 234 valence electrons. The molecular weight excluding hydrogens is 651 g/mol. The molecule has 3 N–H and O–H groups in total. The zero-order valence-corrected chi connectivity index (χ0v) is 28.2. The summed E-state index contributed by atoms with van der Waals surface area (Å²) in [6, 6.07) is 11.3. The van der Waals surface area contributed by atoms with Crippen LogP contribution in [0.5, 0.6) is 0 Å². The number of nitrogens with zero attached hydrogens (tertiary/aromatic N) is 3. The zero-order chi connectivity index (χ0) is 32.0. The zero-order valence-electron chi connectivity index (χ0n) is 24.7. The van der Waals surface area contributed by atoms with Crippen molar-refractivity contribution in [3.8, 4) is 0 Å². The average Bonchev–Trinajstić information content (AvgIpc) is 3.23. The number of thioether (sulfide) groups is 1. The molecule has 6 amide bonds. The van der Waals surface area contributed by atoms with E-state index in [1.807, 2.05) is 18.2 Å². The van der Waals surface area contributed by atoms with Crippen LogP contribution in [0, 0.1) is 0 Å². The number of carboxylic acids is 1. The van der Waals surface area contributed by atoms with Crippen molar-refractivity contribution in [1.82, 2.24) is 25.6 Å². The fourth-order valence-electron chi connectivity index (χ4n) is 5.68. The minimum Gasteiger partial charge on any atom is -0.543 e. The number of hydrogen-bond donors (Lipinski definition) is 3. The van der Waals surface area contributed by atoms with Crippen LogP contribution in [0.3, 0.4) is 0 Å². The molecule has 6 rings (SSSR count). The number of hydrogen-bond acceptors (Lipinski definition) is 10. The largest absolute Gasteiger partial charge is 1.00 e. The molecule has 0 aliphatic carbocycles. The number of carbonyl (C=O) groups is 6. The number of fused-ring (bicyclic) bond motifs is 2. The van der Waals surface area contributed by atoms with Gasteiger partial charge in [0.05, 0.1) is 36.7 Å². The van der Waals surface area contributed by atoms with E-state index in [1.54, 1.807) is 30.3 Å². The van der Waals surface area contributed by atoms with E-state index >= 15 is 0 Å². The smallest absolute Gasteiger partial charge is 0.543 e. The number of carbonyl (C=O) groups excluding carboxylic acids is 6. The third kappa shape index (κ3) is 6.48. The van der Waals surface area contributed by atoms with Crippen molar-refractivity contribution < 1.29 is 68.2 Å². The van der Waals surface area contributed by atoms with Crippen LogP contribution < -0.4 is 50.7 Å². The Labute approximate surface area is 294 Å². The van der Waals surface area contributed by atoms with Crippen molar-refractivity contribution in [3.63, 3.8) is 0 Å². The minimum absolute atomic E-state index is 0. The van der Waals surface area contributed by atoms with Gasteiger partial charge in [0.25, 0.3) is 5.91 Å². The number of urea groups is 2. The van der Waals surface area contributed by atoms with Gasteiger partial charge in [-0.3, -0.25) is 24.3 Å². The molecule has 3 unspecified atom stereocenters. The molecule has 17 heteroatoms. The summed E-state index contributed by atoms with van der Waals surface area (Å²) in [4.78, 5) is 76.7. The first-order valence-electron chi connectivity index (χ1n) is 13.8. The molecule has 46 heavy (non-hydrogen) atoms. The Hall–Kier alpha value is -3.60. The molecule has 14 nitrogen and oxygen atoms in total. The maximum absolute atomic E-state index is 13.0. The van der Waals surface area contributed by atoms with E-state index in [4.69, 9.17) is 16.3 Å². The summed E-state index contributed by atoms with van der Waals surface area (Å²) in [6.07, 6.45) is -0.129. The maximum atomic E-state index is 13.0. The molecule has 2 aromatic rings. The SMILES string of the molecule is CC(=O)OCC1=C(C(=O)[O-])N2C(=O)C(NC(=O)Cc3cccc(NC(=O)N4CC5C(c6cccc(Cl)c6)NN5C4=O)c3)[C@@H]2SC1.[Na+]. The fourth-order valence-corrected chi connectivity index (χ4v) is 7.20. The third-order valence-electron chi connectivity index (χ3n) is 7.80. The Balaban J connectivity index is 0.00000417. The number of aliphatic carboxylic acids is 1. The van der Waals surface area contributed by atoms with Gasteiger partial charge >= 0.3 is 47.6 Å². The van der Waals surface area contributed by atoms with E-state index in [0.29, 0.717) is 16.3 Å². The average molecular weight is 677 g/mol. The van der Waals surface area contributed by atoms with Gasteiger partial charge in [0, 0.05) is 29.0 Å². The number of anilines is 1. The predicted molar refractivity (Wildman–Crippen MR) is 158 cm³/mol. The van der Waals surface area contributed by atoms with Crippen LogP contribution in [-0.2, 0) is 30.3 Å². The van der Waals surface area contributed by atoms with Crippen LogP contribution in [0.4, 0.5) is 15.3 Å². The van der Waals surface area contributed by atoms with Gasteiger partial charge in [-0.25, -0.2) is 19.9 Å². The van der Waals surface area contributed by atoms with Crippen LogP contribution in [0.15, 0.2) is 59.8 Å². The number of rotatable bonds is 8. The Morgan fingerprint density at radius 3 is 2.61 bits per heavy atom. The van der Waals surface area contributed by atoms with Crippen LogP contribution in [-0.4, -0.2) is 87.0 Å². The van der Waals surface area contributed by atoms with E-state index in [2.05, 4.69) is 16.1 Å². The van der Waals surface area contributed by atoms with Gasteiger partial charge in [-0.2, -0.15) is 0 Å². The molecule has 0 saturated carbocycles. The second kappa shape index (κ2) is 13.6. The maximum Gasteiger partial charge on any atom is 1.00 e. The number of imide groups is 1. The van der Waals surface area contributed by atoms with Gasteiger partial charge in [-0.15, -0.1) is 11.8 Å². The molecule has 4 aliphatic heterocycles. The van der Waals surface area contributed by atoms with Crippen molar-refractivity contribution >= 4 is 64.9 Å². The molecule has 0 spiro atoms. The number of carboxylic acid groups (broad SMARTS) is 1. The standard InChI is InChI=1S/C29H27ClN6O8S.Na/c1-14(37)44-12-17-13-45-26-23(25(39)35(26)24(17)27(40)41)32-21(38)9-15-4-2-7-19(8-15)31-28(42)34-11-20-22(33-36(20)29(34)43)16-5-3-6-18(30)10-16;/h2-8,10,20,22-23,26,33H,9,11-13H2,1H3,(H,31,42)(H,32,38)(H,40,41);/q;+1/p-1/t20?,22?,23?,26-;/m0./s1. The number of esters is 1.